The Balaban J connectivity index is 1.51. The average Bonchev–Trinajstić information content (AvgIpc) is 3.20. The van der Waals surface area contributed by atoms with E-state index in [1.54, 1.807) is 95.3 Å². The molecule has 0 aliphatic carbocycles. The lowest BCUT2D eigenvalue weighted by Gasteiger charge is -2.29. The molecule has 0 atom stereocenters. The molecule has 13 nitrogen and oxygen atoms in total. The first-order chi connectivity index (χ1) is 28.5. The first-order valence-corrected chi connectivity index (χ1v) is 26.9. The summed E-state index contributed by atoms with van der Waals surface area (Å²) < 4.78 is 142. The fourth-order valence-electron chi connectivity index (χ4n) is 6.25. The van der Waals surface area contributed by atoms with Gasteiger partial charge >= 0.3 is 0 Å². The molecule has 0 saturated carbocycles. The molecule has 0 fully saturated rings. The van der Waals surface area contributed by atoms with Crippen molar-refractivity contribution in [2.24, 2.45) is 0 Å². The zero-order chi connectivity index (χ0) is 44.8. The largest absolute Gasteiger partial charge is 0.243 e. The summed E-state index contributed by atoms with van der Waals surface area (Å²) in [6.07, 6.45) is 0. The predicted molar refractivity (Wildman–Crippen MR) is 236 cm³/mol. The van der Waals surface area contributed by atoms with Crippen molar-refractivity contribution in [2.45, 2.75) is 59.1 Å². The van der Waals surface area contributed by atoms with E-state index >= 15 is 0 Å². The molecule has 5 aromatic rings. The molecule has 0 radical (unpaired) electrons. The van der Waals surface area contributed by atoms with E-state index in [9.17, 15) is 42.1 Å². The van der Waals surface area contributed by atoms with Crippen molar-refractivity contribution in [1.82, 2.24) is 12.9 Å². The van der Waals surface area contributed by atoms with Crippen LogP contribution in [0.1, 0.15) is 27.8 Å². The Bertz CT molecular complexity index is 2690. The normalized spacial score (nSPS) is 13.0. The van der Waals surface area contributed by atoms with E-state index in [4.69, 9.17) is 0 Å². The molecule has 0 aliphatic heterocycles. The molecular formula is C43H51N3O10S5. The van der Waals surface area contributed by atoms with Gasteiger partial charge in [-0.2, -0.15) is 12.9 Å². The minimum absolute atomic E-state index is 0.00590. The molecule has 0 unspecified atom stereocenters. The van der Waals surface area contributed by atoms with Gasteiger partial charge in [-0.1, -0.05) is 88.5 Å². The lowest BCUT2D eigenvalue weighted by Crippen LogP contribution is -2.46. The van der Waals surface area contributed by atoms with Gasteiger partial charge in [0.05, 0.1) is 36.0 Å². The van der Waals surface area contributed by atoms with Crippen LogP contribution in [0, 0.1) is 34.6 Å². The zero-order valence-corrected chi connectivity index (χ0v) is 38.8. The van der Waals surface area contributed by atoms with Crippen molar-refractivity contribution in [3.05, 3.63) is 149 Å². The fourth-order valence-corrected chi connectivity index (χ4v) is 13.3. The van der Waals surface area contributed by atoms with Crippen molar-refractivity contribution < 1.29 is 42.1 Å². The molecule has 0 N–H and O–H groups in total. The minimum atomic E-state index is -4.47. The van der Waals surface area contributed by atoms with Gasteiger partial charge in [0, 0.05) is 39.3 Å². The maximum absolute atomic E-state index is 14.4. The second-order valence-corrected chi connectivity index (χ2v) is 24.9. The third-order valence-electron chi connectivity index (χ3n) is 10.2. The Hall–Kier alpha value is -4.27. The number of hydrogen-bond donors (Lipinski definition) is 0. The van der Waals surface area contributed by atoms with Gasteiger partial charge in [-0.25, -0.2) is 42.1 Å². The molecule has 5 aromatic carbocycles. The van der Waals surface area contributed by atoms with Crippen LogP contribution in [0.5, 0.6) is 0 Å². The minimum Gasteiger partial charge on any atom is -0.224 e. The van der Waals surface area contributed by atoms with Gasteiger partial charge in [0.25, 0.3) is 0 Å². The highest BCUT2D eigenvalue weighted by atomic mass is 32.2. The number of aryl methyl sites for hydroxylation is 5. The third kappa shape index (κ3) is 12.0. The first kappa shape index (κ1) is 47.8. The van der Waals surface area contributed by atoms with Gasteiger partial charge < -0.3 is 0 Å². The summed E-state index contributed by atoms with van der Waals surface area (Å²) >= 11 is 0. The summed E-state index contributed by atoms with van der Waals surface area (Å²) in [4.78, 5) is -0.432. The molecular weight excluding hydrogens is 879 g/mol. The SMILES string of the molecule is Cc1ccc(S(=O)(=O)CCN(CCN(CCN(CCS(=O)(=O)c2ccc(C)cc2)S(=O)(=O)c2ccc(C)cc2)S(=O)(=O)c2ccc(C)cc2)S(=O)(=O)c2ccc(C)cc2)cc1. The first-order valence-electron chi connectivity index (χ1n) is 19.3. The van der Waals surface area contributed by atoms with Gasteiger partial charge in [0.1, 0.15) is 0 Å². The van der Waals surface area contributed by atoms with Gasteiger partial charge in [0.15, 0.2) is 19.7 Å². The number of sulfone groups is 2. The number of benzene rings is 5. The Morgan fingerprint density at radius 1 is 0.279 bits per heavy atom. The maximum atomic E-state index is 14.4. The van der Waals surface area contributed by atoms with Crippen molar-refractivity contribution in [2.75, 3.05) is 50.8 Å². The second-order valence-electron chi connectivity index (χ2n) is 14.9. The smallest absolute Gasteiger partial charge is 0.224 e. The number of hydrogen-bond acceptors (Lipinski definition) is 10. The summed E-state index contributed by atoms with van der Waals surface area (Å²) in [7, 11) is -21.3. The number of sulfonamides is 3. The molecule has 0 spiro atoms. The monoisotopic (exact) mass is 929 g/mol. The Kier molecular flexibility index (Phi) is 15.2. The highest BCUT2D eigenvalue weighted by Crippen LogP contribution is 2.23. The van der Waals surface area contributed by atoms with E-state index in [0.717, 1.165) is 40.7 Å². The fraction of sp³-hybridized carbons (Fsp3) is 0.302. The average molecular weight is 930 g/mol. The van der Waals surface area contributed by atoms with Gasteiger partial charge in [0.2, 0.25) is 30.1 Å². The maximum Gasteiger partial charge on any atom is 0.243 e. The van der Waals surface area contributed by atoms with Crippen LogP contribution in [-0.2, 0) is 49.7 Å². The van der Waals surface area contributed by atoms with Crippen LogP contribution >= 0.6 is 0 Å². The third-order valence-corrected chi connectivity index (χ3v) is 19.3. The van der Waals surface area contributed by atoms with Crippen molar-refractivity contribution in [3.63, 3.8) is 0 Å². The van der Waals surface area contributed by atoms with Crippen LogP contribution in [0.2, 0.25) is 0 Å². The zero-order valence-electron chi connectivity index (χ0n) is 34.7. The van der Waals surface area contributed by atoms with Gasteiger partial charge in [-0.3, -0.25) is 0 Å². The molecule has 18 heteroatoms. The molecule has 0 amide bonds. The molecule has 61 heavy (non-hydrogen) atoms. The lowest BCUT2D eigenvalue weighted by molar-refractivity contribution is 0.324. The quantitative estimate of drug-likeness (QED) is 0.0961. The van der Waals surface area contributed by atoms with E-state index in [2.05, 4.69) is 0 Å². The molecule has 0 aromatic heterocycles. The standard InChI is InChI=1S/C43H51N3O10S5/c1-34-6-16-39(17-7-34)57(47,48)32-30-45(60(53,54)42-22-12-37(4)13-23-42)28-26-44(59(51,52)41-20-10-36(3)11-21-41)27-29-46(61(55,56)43-24-14-38(5)15-25-43)31-33-58(49,50)40-18-8-35(2)9-19-40/h6-25H,26-33H2,1-5H3. The van der Waals surface area contributed by atoms with Crippen LogP contribution < -0.4 is 0 Å². The number of rotatable bonds is 20. The van der Waals surface area contributed by atoms with E-state index in [-0.39, 0.29) is 24.5 Å². The molecule has 0 heterocycles. The predicted octanol–water partition coefficient (Wildman–Crippen LogP) is 5.55. The Morgan fingerprint density at radius 2 is 0.459 bits per heavy atom. The van der Waals surface area contributed by atoms with Crippen LogP contribution in [0.3, 0.4) is 0 Å². The summed E-state index contributed by atoms with van der Waals surface area (Å²) in [5.41, 5.74) is 3.98. The van der Waals surface area contributed by atoms with E-state index in [1.165, 1.54) is 60.7 Å². The van der Waals surface area contributed by atoms with Crippen LogP contribution in [0.4, 0.5) is 0 Å². The lowest BCUT2D eigenvalue weighted by atomic mass is 10.2. The van der Waals surface area contributed by atoms with Crippen molar-refractivity contribution >= 4 is 49.7 Å². The molecule has 0 aliphatic rings. The summed E-state index contributed by atoms with van der Waals surface area (Å²) in [6, 6.07) is 30.0. The van der Waals surface area contributed by atoms with Crippen LogP contribution in [-0.4, -0.2) is 106 Å². The Labute approximate surface area is 361 Å². The van der Waals surface area contributed by atoms with Crippen LogP contribution in [0.15, 0.2) is 146 Å². The van der Waals surface area contributed by atoms with E-state index in [1.807, 2.05) is 0 Å². The van der Waals surface area contributed by atoms with Gasteiger partial charge in [-0.15, -0.1) is 0 Å². The van der Waals surface area contributed by atoms with E-state index in [0.29, 0.717) is 0 Å². The second kappa shape index (κ2) is 19.4. The summed E-state index contributed by atoms with van der Waals surface area (Å²) in [5.74, 6) is -1.24. The van der Waals surface area contributed by atoms with Crippen molar-refractivity contribution in [3.8, 4) is 0 Å². The molecule has 5 rings (SSSR count). The van der Waals surface area contributed by atoms with E-state index < -0.39 is 101 Å². The molecule has 328 valence electrons. The Morgan fingerprint density at radius 3 is 0.672 bits per heavy atom. The molecule has 0 bridgehead atoms. The van der Waals surface area contributed by atoms with Crippen LogP contribution in [0.25, 0.3) is 0 Å². The summed E-state index contributed by atoms with van der Waals surface area (Å²) in [5, 5.41) is 0. The highest BCUT2D eigenvalue weighted by molar-refractivity contribution is 7.92. The number of nitrogens with zero attached hydrogens (tertiary/aromatic N) is 3. The van der Waals surface area contributed by atoms with Gasteiger partial charge in [-0.05, 0) is 95.3 Å². The summed E-state index contributed by atoms with van der Waals surface area (Å²) in [6.45, 7) is 5.77. The highest BCUT2D eigenvalue weighted by Gasteiger charge is 2.33. The van der Waals surface area contributed by atoms with Crippen molar-refractivity contribution in [1.29, 1.82) is 0 Å². The topological polar surface area (TPSA) is 180 Å². The molecule has 0 saturated heterocycles.